The van der Waals surface area contributed by atoms with Crippen LogP contribution in [0.15, 0.2) is 24.5 Å². The van der Waals surface area contributed by atoms with Crippen molar-refractivity contribution in [3.8, 4) is 0 Å². The van der Waals surface area contributed by atoms with E-state index in [9.17, 15) is 4.39 Å². The average molecular weight is 130 g/mol. The van der Waals surface area contributed by atoms with Gasteiger partial charge < -0.3 is 4.74 Å². The minimum Gasteiger partial charge on any atom is -0.504 e. The van der Waals surface area contributed by atoms with Crippen LogP contribution in [-0.2, 0) is 4.74 Å². The first kappa shape index (κ1) is 8.21. The summed E-state index contributed by atoms with van der Waals surface area (Å²) < 4.78 is 16.5. The molecule has 0 spiro atoms. The number of halogens is 1. The van der Waals surface area contributed by atoms with Gasteiger partial charge in [0.2, 0.25) is 0 Å². The van der Waals surface area contributed by atoms with Crippen LogP contribution in [0.4, 0.5) is 4.39 Å². The van der Waals surface area contributed by atoms with E-state index in [0.717, 1.165) is 0 Å². The molecule has 9 heavy (non-hydrogen) atoms. The summed E-state index contributed by atoms with van der Waals surface area (Å²) in [5, 5.41) is 0. The van der Waals surface area contributed by atoms with Crippen molar-refractivity contribution in [1.29, 1.82) is 0 Å². The molecule has 0 heterocycles. The van der Waals surface area contributed by atoms with Crippen LogP contribution < -0.4 is 0 Å². The quantitative estimate of drug-likeness (QED) is 0.419. The summed E-state index contributed by atoms with van der Waals surface area (Å²) in [5.41, 5.74) is 0. The Morgan fingerprint density at radius 2 is 2.11 bits per heavy atom. The molecule has 0 rings (SSSR count). The first-order chi connectivity index (χ1) is 4.27. The number of rotatable bonds is 3. The van der Waals surface area contributed by atoms with E-state index < -0.39 is 6.17 Å². The normalized spacial score (nSPS) is 15.0. The minimum atomic E-state index is -0.883. The Balaban J connectivity index is 3.35. The Morgan fingerprint density at radius 3 is 2.56 bits per heavy atom. The molecule has 1 unspecified atom stereocenters. The van der Waals surface area contributed by atoms with Crippen LogP contribution in [0.1, 0.15) is 6.92 Å². The molecule has 0 saturated heterocycles. The molecular formula is C7H11FO. The molecule has 52 valence electrons. The monoisotopic (exact) mass is 130 g/mol. The van der Waals surface area contributed by atoms with E-state index in [2.05, 4.69) is 4.74 Å². The molecule has 0 aliphatic rings. The number of hydrogen-bond acceptors (Lipinski definition) is 1. The van der Waals surface area contributed by atoms with Crippen LogP contribution in [0.25, 0.3) is 0 Å². The van der Waals surface area contributed by atoms with Crippen molar-refractivity contribution in [2.75, 3.05) is 7.11 Å². The average Bonchev–Trinajstić information content (AvgIpc) is 1.80. The molecule has 0 aromatic heterocycles. The Bertz CT molecular complexity index is 105. The summed E-state index contributed by atoms with van der Waals surface area (Å²) in [6, 6.07) is 0. The van der Waals surface area contributed by atoms with E-state index in [-0.39, 0.29) is 0 Å². The number of allylic oxidation sites excluding steroid dienone is 3. The summed E-state index contributed by atoms with van der Waals surface area (Å²) >= 11 is 0. The summed E-state index contributed by atoms with van der Waals surface area (Å²) in [5.74, 6) is 0. The van der Waals surface area contributed by atoms with Gasteiger partial charge in [0.25, 0.3) is 0 Å². The van der Waals surface area contributed by atoms with Crippen molar-refractivity contribution in [2.45, 2.75) is 13.1 Å². The fourth-order valence-corrected chi connectivity index (χ4v) is 0.341. The molecule has 1 atom stereocenters. The minimum absolute atomic E-state index is 0.883. The van der Waals surface area contributed by atoms with Gasteiger partial charge in [0, 0.05) is 0 Å². The maximum Gasteiger partial charge on any atom is 0.116 e. The zero-order valence-electron chi connectivity index (χ0n) is 5.67. The molecular weight excluding hydrogens is 119 g/mol. The highest BCUT2D eigenvalue weighted by atomic mass is 19.1. The molecule has 0 aliphatic heterocycles. The number of hydrogen-bond donors (Lipinski definition) is 0. The summed E-state index contributed by atoms with van der Waals surface area (Å²) in [7, 11) is 1.54. The molecule has 0 aromatic rings. The van der Waals surface area contributed by atoms with Crippen LogP contribution in [0, 0.1) is 0 Å². The zero-order valence-corrected chi connectivity index (χ0v) is 5.67. The maximum atomic E-state index is 12.0. The van der Waals surface area contributed by atoms with Gasteiger partial charge in [-0.2, -0.15) is 0 Å². The number of alkyl halides is 1. The Labute approximate surface area is 54.8 Å². The second-order valence-corrected chi connectivity index (χ2v) is 1.63. The van der Waals surface area contributed by atoms with E-state index in [0.29, 0.717) is 0 Å². The lowest BCUT2D eigenvalue weighted by molar-refractivity contribution is 0.338. The fourth-order valence-electron chi connectivity index (χ4n) is 0.341. The van der Waals surface area contributed by atoms with Crippen molar-refractivity contribution in [2.24, 2.45) is 0 Å². The van der Waals surface area contributed by atoms with Gasteiger partial charge in [-0.05, 0) is 13.0 Å². The highest BCUT2D eigenvalue weighted by Gasteiger charge is 1.83. The highest BCUT2D eigenvalue weighted by molar-refractivity contribution is 5.01. The van der Waals surface area contributed by atoms with Crippen molar-refractivity contribution in [3.05, 3.63) is 24.5 Å². The zero-order chi connectivity index (χ0) is 7.11. The van der Waals surface area contributed by atoms with Crippen molar-refractivity contribution >= 4 is 0 Å². The number of ether oxygens (including phenoxy) is 1. The summed E-state index contributed by atoms with van der Waals surface area (Å²) in [6.45, 7) is 1.47. The summed E-state index contributed by atoms with van der Waals surface area (Å²) in [4.78, 5) is 0. The molecule has 0 radical (unpaired) electrons. The third-order valence-electron chi connectivity index (χ3n) is 0.702. The van der Waals surface area contributed by atoms with Gasteiger partial charge in [-0.3, -0.25) is 0 Å². The largest absolute Gasteiger partial charge is 0.504 e. The van der Waals surface area contributed by atoms with Crippen LogP contribution in [0.2, 0.25) is 0 Å². The third-order valence-corrected chi connectivity index (χ3v) is 0.702. The van der Waals surface area contributed by atoms with Gasteiger partial charge in [0.1, 0.15) is 6.17 Å². The molecule has 0 aromatic carbocycles. The van der Waals surface area contributed by atoms with Gasteiger partial charge in [0.05, 0.1) is 13.4 Å². The van der Waals surface area contributed by atoms with Gasteiger partial charge in [-0.1, -0.05) is 12.2 Å². The number of methoxy groups -OCH3 is 1. The Kier molecular flexibility index (Phi) is 4.88. The smallest absolute Gasteiger partial charge is 0.116 e. The van der Waals surface area contributed by atoms with Crippen LogP contribution in [0.3, 0.4) is 0 Å². The third kappa shape index (κ3) is 7.21. The van der Waals surface area contributed by atoms with E-state index in [4.69, 9.17) is 0 Å². The van der Waals surface area contributed by atoms with Crippen LogP contribution in [0.5, 0.6) is 0 Å². The molecule has 0 saturated carbocycles. The van der Waals surface area contributed by atoms with Gasteiger partial charge in [-0.25, -0.2) is 4.39 Å². The second-order valence-electron chi connectivity index (χ2n) is 1.63. The molecule has 0 fully saturated rings. The lowest BCUT2D eigenvalue weighted by Crippen LogP contribution is -1.80. The standard InChI is InChI=1S/C7H11FO/c1-7(8)5-3-4-6-9-2/h3-7H,1-2H3/b5-3-,6-4+. The first-order valence-electron chi connectivity index (χ1n) is 2.77. The van der Waals surface area contributed by atoms with E-state index >= 15 is 0 Å². The Hall–Kier alpha value is -0.790. The van der Waals surface area contributed by atoms with Gasteiger partial charge >= 0.3 is 0 Å². The van der Waals surface area contributed by atoms with E-state index in [1.165, 1.54) is 19.3 Å². The molecule has 1 nitrogen and oxygen atoms in total. The lowest BCUT2D eigenvalue weighted by Gasteiger charge is -1.85. The molecule has 0 bridgehead atoms. The maximum absolute atomic E-state index is 12.0. The topological polar surface area (TPSA) is 9.23 Å². The molecule has 0 amide bonds. The lowest BCUT2D eigenvalue weighted by atomic mass is 10.4. The van der Waals surface area contributed by atoms with E-state index in [1.54, 1.807) is 19.3 Å². The van der Waals surface area contributed by atoms with Crippen LogP contribution in [-0.4, -0.2) is 13.3 Å². The van der Waals surface area contributed by atoms with Crippen LogP contribution >= 0.6 is 0 Å². The van der Waals surface area contributed by atoms with Crippen molar-refractivity contribution < 1.29 is 9.13 Å². The SMILES string of the molecule is CO/C=C/C=C\C(C)F. The van der Waals surface area contributed by atoms with Gasteiger partial charge in [-0.15, -0.1) is 0 Å². The fraction of sp³-hybridized carbons (Fsp3) is 0.429. The predicted molar refractivity (Wildman–Crippen MR) is 35.9 cm³/mol. The predicted octanol–water partition coefficient (Wildman–Crippen LogP) is 2.06. The molecule has 0 N–H and O–H groups in total. The summed E-state index contributed by atoms with van der Waals surface area (Å²) in [6.07, 6.45) is 5.28. The first-order valence-corrected chi connectivity index (χ1v) is 2.77. The van der Waals surface area contributed by atoms with Crippen molar-refractivity contribution in [1.82, 2.24) is 0 Å². The van der Waals surface area contributed by atoms with Crippen molar-refractivity contribution in [3.63, 3.8) is 0 Å². The molecule has 0 aliphatic carbocycles. The Morgan fingerprint density at radius 1 is 1.44 bits per heavy atom. The second kappa shape index (κ2) is 5.35. The van der Waals surface area contributed by atoms with E-state index in [1.807, 2.05) is 0 Å². The molecule has 2 heteroatoms. The van der Waals surface area contributed by atoms with Gasteiger partial charge in [0.15, 0.2) is 0 Å². The highest BCUT2D eigenvalue weighted by Crippen LogP contribution is 1.89.